The molecule has 0 aromatic rings. The molecule has 2 N–H and O–H groups in total. The van der Waals surface area contributed by atoms with Gasteiger partial charge >= 0.3 is 0 Å². The molecule has 2 amide bonds. The van der Waals surface area contributed by atoms with Gasteiger partial charge in [0.25, 0.3) is 0 Å². The lowest BCUT2D eigenvalue weighted by Crippen LogP contribution is -2.48. The lowest BCUT2D eigenvalue weighted by atomic mass is 9.78. The molecule has 1 spiro atoms. The van der Waals surface area contributed by atoms with Crippen LogP contribution in [0.3, 0.4) is 0 Å². The zero-order valence-corrected chi connectivity index (χ0v) is 14.1. The van der Waals surface area contributed by atoms with Gasteiger partial charge in [-0.25, -0.2) is 0 Å². The molecule has 0 radical (unpaired) electrons. The van der Waals surface area contributed by atoms with Crippen molar-refractivity contribution in [2.75, 3.05) is 32.7 Å². The third-order valence-corrected chi connectivity index (χ3v) is 4.59. The van der Waals surface area contributed by atoms with E-state index in [1.165, 1.54) is 6.42 Å². The Labute approximate surface area is 133 Å². The molecule has 2 aliphatic heterocycles. The van der Waals surface area contributed by atoms with Crippen LogP contribution < -0.4 is 10.6 Å². The standard InChI is InChI=1S/C15H27N3O2.ClH/c1-14(2,3)13(20)17-10-12(19)18-8-5-15(6-9-18)4-7-16-11-15;/h16H,4-11H2,1-3H3,(H,17,20);1H. The number of rotatable bonds is 2. The Kier molecular flexibility index (Phi) is 6.05. The first-order chi connectivity index (χ1) is 9.32. The van der Waals surface area contributed by atoms with Gasteiger partial charge in [-0.3, -0.25) is 9.59 Å². The predicted molar refractivity (Wildman–Crippen MR) is 85.4 cm³/mol. The second kappa shape index (κ2) is 6.97. The minimum absolute atomic E-state index is 0. The Hall–Kier alpha value is -0.810. The van der Waals surface area contributed by atoms with Crippen LogP contribution >= 0.6 is 12.4 Å². The summed E-state index contributed by atoms with van der Waals surface area (Å²) >= 11 is 0. The highest BCUT2D eigenvalue weighted by atomic mass is 35.5. The maximum atomic E-state index is 12.1. The van der Waals surface area contributed by atoms with Gasteiger partial charge in [-0.05, 0) is 31.2 Å². The highest BCUT2D eigenvalue weighted by molar-refractivity contribution is 5.87. The first kappa shape index (κ1) is 18.2. The van der Waals surface area contributed by atoms with Crippen molar-refractivity contribution in [1.29, 1.82) is 0 Å². The molecule has 0 atom stereocenters. The van der Waals surface area contributed by atoms with Gasteiger partial charge in [0.05, 0.1) is 6.54 Å². The van der Waals surface area contributed by atoms with Gasteiger partial charge in [0.1, 0.15) is 0 Å². The lowest BCUT2D eigenvalue weighted by molar-refractivity contribution is -0.136. The molecule has 0 aromatic heterocycles. The average Bonchev–Trinajstić information content (AvgIpc) is 2.83. The fourth-order valence-corrected chi connectivity index (χ4v) is 2.99. The van der Waals surface area contributed by atoms with Crippen molar-refractivity contribution in [1.82, 2.24) is 15.5 Å². The molecule has 122 valence electrons. The fraction of sp³-hybridized carbons (Fsp3) is 0.867. The number of halogens is 1. The monoisotopic (exact) mass is 317 g/mol. The molecule has 2 rings (SSSR count). The van der Waals surface area contributed by atoms with Crippen LogP contribution in [-0.2, 0) is 9.59 Å². The number of nitrogens with one attached hydrogen (secondary N) is 2. The Balaban J connectivity index is 0.00000220. The Morgan fingerprint density at radius 2 is 1.81 bits per heavy atom. The van der Waals surface area contributed by atoms with Crippen molar-refractivity contribution in [3.05, 3.63) is 0 Å². The summed E-state index contributed by atoms with van der Waals surface area (Å²) in [7, 11) is 0. The molecule has 5 nitrogen and oxygen atoms in total. The maximum absolute atomic E-state index is 12.1. The molecule has 0 aliphatic carbocycles. The van der Waals surface area contributed by atoms with Crippen molar-refractivity contribution >= 4 is 24.2 Å². The van der Waals surface area contributed by atoms with Crippen LogP contribution in [0.5, 0.6) is 0 Å². The SMILES string of the molecule is CC(C)(C)C(=O)NCC(=O)N1CCC2(CCNC2)CC1.Cl. The number of hydrogen-bond acceptors (Lipinski definition) is 3. The molecule has 21 heavy (non-hydrogen) atoms. The molecule has 0 bridgehead atoms. The van der Waals surface area contributed by atoms with Crippen LogP contribution in [0.2, 0.25) is 0 Å². The first-order valence-corrected chi connectivity index (χ1v) is 7.59. The van der Waals surface area contributed by atoms with E-state index >= 15 is 0 Å². The van der Waals surface area contributed by atoms with E-state index < -0.39 is 5.41 Å². The van der Waals surface area contributed by atoms with Gasteiger partial charge in [0.15, 0.2) is 0 Å². The summed E-state index contributed by atoms with van der Waals surface area (Å²) in [5.74, 6) is -0.0253. The van der Waals surface area contributed by atoms with Gasteiger partial charge < -0.3 is 15.5 Å². The highest BCUT2D eigenvalue weighted by Crippen LogP contribution is 2.36. The molecule has 2 saturated heterocycles. The summed E-state index contributed by atoms with van der Waals surface area (Å²) in [6.45, 7) is 9.53. The van der Waals surface area contributed by atoms with Gasteiger partial charge in [0.2, 0.25) is 11.8 Å². The number of likely N-dealkylation sites (tertiary alicyclic amines) is 1. The number of hydrogen-bond donors (Lipinski definition) is 2. The second-order valence-corrected chi connectivity index (χ2v) is 7.24. The Morgan fingerprint density at radius 3 is 2.29 bits per heavy atom. The van der Waals surface area contributed by atoms with Gasteiger partial charge in [-0.15, -0.1) is 12.4 Å². The zero-order chi connectivity index (χ0) is 14.8. The van der Waals surface area contributed by atoms with E-state index in [1.54, 1.807) is 0 Å². The first-order valence-electron chi connectivity index (χ1n) is 7.59. The molecule has 0 aromatic carbocycles. The molecule has 2 aliphatic rings. The number of carbonyl (C=O) groups excluding carboxylic acids is 2. The molecule has 6 heteroatoms. The fourth-order valence-electron chi connectivity index (χ4n) is 2.99. The second-order valence-electron chi connectivity index (χ2n) is 7.24. The van der Waals surface area contributed by atoms with Gasteiger partial charge in [0, 0.05) is 25.0 Å². The molecule has 0 saturated carbocycles. The van der Waals surface area contributed by atoms with Crippen LogP contribution in [0.15, 0.2) is 0 Å². The Morgan fingerprint density at radius 1 is 1.19 bits per heavy atom. The summed E-state index contributed by atoms with van der Waals surface area (Å²) in [4.78, 5) is 25.8. The quantitative estimate of drug-likeness (QED) is 0.804. The van der Waals surface area contributed by atoms with Crippen LogP contribution in [0.1, 0.15) is 40.0 Å². The molecule has 2 heterocycles. The predicted octanol–water partition coefficient (Wildman–Crippen LogP) is 1.17. The highest BCUT2D eigenvalue weighted by Gasteiger charge is 2.38. The summed E-state index contributed by atoms with van der Waals surface area (Å²) < 4.78 is 0. The summed E-state index contributed by atoms with van der Waals surface area (Å²) in [5.41, 5.74) is -0.0206. The van der Waals surface area contributed by atoms with E-state index in [1.807, 2.05) is 25.7 Å². The van der Waals surface area contributed by atoms with Crippen LogP contribution in [-0.4, -0.2) is 49.4 Å². The largest absolute Gasteiger partial charge is 0.347 e. The van der Waals surface area contributed by atoms with Crippen molar-refractivity contribution in [3.8, 4) is 0 Å². The van der Waals surface area contributed by atoms with Gasteiger partial charge in [-0.2, -0.15) is 0 Å². The summed E-state index contributed by atoms with van der Waals surface area (Å²) in [5, 5.41) is 6.16. The van der Waals surface area contributed by atoms with Crippen LogP contribution in [0.4, 0.5) is 0 Å². The third-order valence-electron chi connectivity index (χ3n) is 4.59. The minimum Gasteiger partial charge on any atom is -0.347 e. The maximum Gasteiger partial charge on any atom is 0.241 e. The number of amides is 2. The average molecular weight is 318 g/mol. The molecule has 2 fully saturated rings. The topological polar surface area (TPSA) is 61.4 Å². The van der Waals surface area contributed by atoms with Gasteiger partial charge in [-0.1, -0.05) is 20.8 Å². The van der Waals surface area contributed by atoms with Crippen molar-refractivity contribution in [2.45, 2.75) is 40.0 Å². The number of carbonyl (C=O) groups is 2. The smallest absolute Gasteiger partial charge is 0.241 e. The van der Waals surface area contributed by atoms with E-state index in [9.17, 15) is 9.59 Å². The van der Waals surface area contributed by atoms with E-state index in [0.717, 1.165) is 39.0 Å². The van der Waals surface area contributed by atoms with Crippen molar-refractivity contribution < 1.29 is 9.59 Å². The number of piperidine rings is 1. The normalized spacial score (nSPS) is 21.0. The van der Waals surface area contributed by atoms with E-state index in [-0.39, 0.29) is 30.8 Å². The van der Waals surface area contributed by atoms with Crippen LogP contribution in [0, 0.1) is 10.8 Å². The molecular weight excluding hydrogens is 290 g/mol. The van der Waals surface area contributed by atoms with Crippen molar-refractivity contribution in [3.63, 3.8) is 0 Å². The van der Waals surface area contributed by atoms with Crippen LogP contribution in [0.25, 0.3) is 0 Å². The molecular formula is C15H28ClN3O2. The van der Waals surface area contributed by atoms with E-state index in [2.05, 4.69) is 10.6 Å². The number of nitrogens with zero attached hydrogens (tertiary/aromatic N) is 1. The summed E-state index contributed by atoms with van der Waals surface area (Å²) in [6.07, 6.45) is 3.40. The van der Waals surface area contributed by atoms with E-state index in [4.69, 9.17) is 0 Å². The van der Waals surface area contributed by atoms with Crippen molar-refractivity contribution in [2.24, 2.45) is 10.8 Å². The zero-order valence-electron chi connectivity index (χ0n) is 13.3. The Bertz CT molecular complexity index is 377. The van der Waals surface area contributed by atoms with E-state index in [0.29, 0.717) is 5.41 Å². The molecule has 0 unspecified atom stereocenters. The minimum atomic E-state index is -0.443. The summed E-state index contributed by atoms with van der Waals surface area (Å²) in [6, 6.07) is 0. The third kappa shape index (κ3) is 4.58. The lowest BCUT2D eigenvalue weighted by Gasteiger charge is -2.39.